The number of benzene rings is 3. The van der Waals surface area contributed by atoms with E-state index in [4.69, 9.17) is 0 Å². The number of aromatic nitrogens is 2. The summed E-state index contributed by atoms with van der Waals surface area (Å²) in [5, 5.41) is 19.0. The van der Waals surface area contributed by atoms with Crippen LogP contribution in [0.1, 0.15) is 57.3 Å². The molecule has 1 atom stereocenters. The fraction of sp³-hybridized carbons (Fsp3) is 0.233. The van der Waals surface area contributed by atoms with Crippen LogP contribution in [0.2, 0.25) is 0 Å². The highest BCUT2D eigenvalue weighted by molar-refractivity contribution is 6.03. The van der Waals surface area contributed by atoms with Crippen LogP contribution in [0.5, 0.6) is 0 Å². The second kappa shape index (κ2) is 10.9. The summed E-state index contributed by atoms with van der Waals surface area (Å²) in [5.41, 5.74) is 1.36. The molecule has 0 radical (unpaired) electrons. The Labute approximate surface area is 228 Å². The molecule has 1 saturated carbocycles. The van der Waals surface area contributed by atoms with Gasteiger partial charge in [0.05, 0.1) is 23.4 Å². The van der Waals surface area contributed by atoms with E-state index in [0.29, 0.717) is 17.7 Å². The third-order valence-electron chi connectivity index (χ3n) is 6.64. The van der Waals surface area contributed by atoms with E-state index in [9.17, 15) is 27.6 Å². The minimum absolute atomic E-state index is 0.138. The van der Waals surface area contributed by atoms with Gasteiger partial charge in [0.15, 0.2) is 5.69 Å². The van der Waals surface area contributed by atoms with Crippen molar-refractivity contribution in [1.29, 1.82) is 5.26 Å². The molecule has 10 heteroatoms. The summed E-state index contributed by atoms with van der Waals surface area (Å²) >= 11 is 0. The number of rotatable bonds is 8. The normalized spacial score (nSPS) is 14.0. The molecular weight excluding hydrogens is 522 g/mol. The van der Waals surface area contributed by atoms with Gasteiger partial charge in [-0.05, 0) is 91.4 Å². The average molecular weight is 548 g/mol. The molecular formula is C30H25F4N5O. The van der Waals surface area contributed by atoms with Crippen molar-refractivity contribution in [3.8, 4) is 11.8 Å². The number of hydrogen-bond donors (Lipinski definition) is 2. The quantitative estimate of drug-likeness (QED) is 0.245. The zero-order chi connectivity index (χ0) is 28.4. The summed E-state index contributed by atoms with van der Waals surface area (Å²) in [7, 11) is 0. The van der Waals surface area contributed by atoms with Gasteiger partial charge in [0, 0.05) is 11.8 Å². The van der Waals surface area contributed by atoms with Crippen molar-refractivity contribution in [3.05, 3.63) is 112 Å². The molecule has 0 saturated heterocycles. The number of halogens is 4. The number of nitriles is 1. The third kappa shape index (κ3) is 6.21. The van der Waals surface area contributed by atoms with E-state index >= 15 is 0 Å². The van der Waals surface area contributed by atoms with Crippen molar-refractivity contribution in [2.75, 3.05) is 11.9 Å². The van der Waals surface area contributed by atoms with Crippen molar-refractivity contribution in [3.63, 3.8) is 0 Å². The Morgan fingerprint density at radius 2 is 1.85 bits per heavy atom. The first-order valence-corrected chi connectivity index (χ1v) is 12.7. The molecule has 1 amide bonds. The molecule has 5 rings (SSSR count). The van der Waals surface area contributed by atoms with Crippen molar-refractivity contribution in [2.45, 2.75) is 32.0 Å². The summed E-state index contributed by atoms with van der Waals surface area (Å²) in [5.74, 6) is -0.610. The molecule has 0 spiro atoms. The number of anilines is 1. The fourth-order valence-electron chi connectivity index (χ4n) is 4.54. The SMILES string of the molecule is Cc1cc(F)cc(C(NCC2CC2)c2cccc(NC(=O)c3cc(C(F)(F)F)nn3-c3cccc(C#N)c3)c2)c1. The predicted molar refractivity (Wildman–Crippen MR) is 141 cm³/mol. The summed E-state index contributed by atoms with van der Waals surface area (Å²) in [6.07, 6.45) is -2.53. The number of carbonyl (C=O) groups excluding carboxylic acids is 1. The Kier molecular flexibility index (Phi) is 7.41. The number of amides is 1. The van der Waals surface area contributed by atoms with Gasteiger partial charge < -0.3 is 10.6 Å². The fourth-order valence-corrected chi connectivity index (χ4v) is 4.54. The standard InChI is InChI=1S/C30H25F4N5O/c1-18-10-22(13-23(31)11-18)28(36-17-19-8-9-19)21-5-3-6-24(14-21)37-29(40)26-15-27(30(32,33)34)38-39(26)25-7-2-4-20(12-25)16-35/h2-7,10-15,19,28,36H,8-9,17H2,1H3,(H,37,40). The molecule has 1 aromatic heterocycles. The second-order valence-electron chi connectivity index (χ2n) is 9.91. The molecule has 6 nitrogen and oxygen atoms in total. The molecule has 3 aromatic carbocycles. The van der Waals surface area contributed by atoms with Crippen LogP contribution in [0.4, 0.5) is 23.2 Å². The molecule has 40 heavy (non-hydrogen) atoms. The van der Waals surface area contributed by atoms with Crippen LogP contribution >= 0.6 is 0 Å². The number of carbonyl (C=O) groups is 1. The van der Waals surface area contributed by atoms with Gasteiger partial charge in [-0.1, -0.05) is 24.3 Å². The summed E-state index contributed by atoms with van der Waals surface area (Å²) in [6.45, 7) is 2.56. The van der Waals surface area contributed by atoms with Crippen LogP contribution in [0.25, 0.3) is 5.69 Å². The van der Waals surface area contributed by atoms with E-state index < -0.39 is 17.8 Å². The first-order chi connectivity index (χ1) is 19.1. The minimum atomic E-state index is -4.78. The third-order valence-corrected chi connectivity index (χ3v) is 6.64. The second-order valence-corrected chi connectivity index (χ2v) is 9.91. The topological polar surface area (TPSA) is 82.7 Å². The predicted octanol–water partition coefficient (Wildman–Crippen LogP) is 6.55. The van der Waals surface area contributed by atoms with Crippen molar-refractivity contribution in [2.24, 2.45) is 5.92 Å². The van der Waals surface area contributed by atoms with Crippen LogP contribution in [0.3, 0.4) is 0 Å². The minimum Gasteiger partial charge on any atom is -0.321 e. The molecule has 1 heterocycles. The smallest absolute Gasteiger partial charge is 0.321 e. The zero-order valence-electron chi connectivity index (χ0n) is 21.5. The number of hydrogen-bond acceptors (Lipinski definition) is 4. The average Bonchev–Trinajstić information content (AvgIpc) is 3.61. The van der Waals surface area contributed by atoms with Crippen molar-refractivity contribution in [1.82, 2.24) is 15.1 Å². The lowest BCUT2D eigenvalue weighted by Crippen LogP contribution is -2.25. The van der Waals surface area contributed by atoms with Crippen LogP contribution in [0, 0.1) is 30.0 Å². The molecule has 0 aliphatic heterocycles. The first-order valence-electron chi connectivity index (χ1n) is 12.7. The Bertz CT molecular complexity index is 1580. The van der Waals surface area contributed by atoms with Gasteiger partial charge in [-0.25, -0.2) is 9.07 Å². The molecule has 1 aliphatic carbocycles. The number of nitrogens with one attached hydrogen (secondary N) is 2. The highest BCUT2D eigenvalue weighted by Gasteiger charge is 2.36. The van der Waals surface area contributed by atoms with Crippen LogP contribution in [-0.4, -0.2) is 22.2 Å². The van der Waals surface area contributed by atoms with E-state index in [1.54, 1.807) is 18.2 Å². The highest BCUT2D eigenvalue weighted by Crippen LogP contribution is 2.32. The Hall–Kier alpha value is -4.49. The van der Waals surface area contributed by atoms with Crippen LogP contribution in [0.15, 0.2) is 72.8 Å². The summed E-state index contributed by atoms with van der Waals surface area (Å²) in [4.78, 5) is 13.3. The Balaban J connectivity index is 1.47. The molecule has 2 N–H and O–H groups in total. The van der Waals surface area contributed by atoms with E-state index in [1.807, 2.05) is 25.1 Å². The molecule has 1 fully saturated rings. The number of nitrogens with zero attached hydrogens (tertiary/aromatic N) is 3. The number of alkyl halides is 3. The van der Waals surface area contributed by atoms with Gasteiger partial charge in [0.1, 0.15) is 11.5 Å². The van der Waals surface area contributed by atoms with Gasteiger partial charge in [-0.3, -0.25) is 4.79 Å². The monoisotopic (exact) mass is 547 g/mol. The van der Waals surface area contributed by atoms with Gasteiger partial charge in [-0.15, -0.1) is 0 Å². The van der Waals surface area contributed by atoms with E-state index in [0.717, 1.165) is 40.8 Å². The van der Waals surface area contributed by atoms with Gasteiger partial charge in [0.25, 0.3) is 5.91 Å². The zero-order valence-corrected chi connectivity index (χ0v) is 21.5. The summed E-state index contributed by atoms with van der Waals surface area (Å²) in [6, 6.07) is 19.8. The number of aryl methyl sites for hydroxylation is 1. The lowest BCUT2D eigenvalue weighted by Gasteiger charge is -2.21. The maximum Gasteiger partial charge on any atom is 0.435 e. The maximum absolute atomic E-state index is 14.3. The van der Waals surface area contributed by atoms with Crippen LogP contribution in [-0.2, 0) is 6.18 Å². The van der Waals surface area contributed by atoms with Crippen LogP contribution < -0.4 is 10.6 Å². The van der Waals surface area contributed by atoms with Gasteiger partial charge >= 0.3 is 6.18 Å². The molecule has 4 aromatic rings. The Morgan fingerprint density at radius 3 is 2.55 bits per heavy atom. The van der Waals surface area contributed by atoms with Gasteiger partial charge in [-0.2, -0.15) is 23.5 Å². The molecule has 1 unspecified atom stereocenters. The van der Waals surface area contributed by atoms with Gasteiger partial charge in [0.2, 0.25) is 0 Å². The first kappa shape index (κ1) is 27.1. The lowest BCUT2D eigenvalue weighted by molar-refractivity contribution is -0.141. The lowest BCUT2D eigenvalue weighted by atomic mass is 9.96. The van der Waals surface area contributed by atoms with Crippen molar-refractivity contribution >= 4 is 11.6 Å². The van der Waals surface area contributed by atoms with E-state index in [2.05, 4.69) is 15.7 Å². The molecule has 0 bridgehead atoms. The van der Waals surface area contributed by atoms with Crippen molar-refractivity contribution < 1.29 is 22.4 Å². The largest absolute Gasteiger partial charge is 0.435 e. The maximum atomic E-state index is 14.3. The molecule has 1 aliphatic rings. The summed E-state index contributed by atoms with van der Waals surface area (Å²) < 4.78 is 55.7. The highest BCUT2D eigenvalue weighted by atomic mass is 19.4. The van der Waals surface area contributed by atoms with E-state index in [1.165, 1.54) is 36.4 Å². The molecule has 204 valence electrons. The van der Waals surface area contributed by atoms with E-state index in [-0.39, 0.29) is 28.8 Å². The Morgan fingerprint density at radius 1 is 1.07 bits per heavy atom.